The minimum absolute atomic E-state index is 1.36. The van der Waals surface area contributed by atoms with Crippen LogP contribution in [0.5, 0.6) is 0 Å². The van der Waals surface area contributed by atoms with E-state index in [9.17, 15) is 0 Å². The molecule has 0 bridgehead atoms. The number of hydrogen-bond donors (Lipinski definition) is 0. The molecular formula is C22H48BrP. The molecule has 0 rings (SSSR count). The summed E-state index contributed by atoms with van der Waals surface area (Å²) < 4.78 is 0. The predicted molar refractivity (Wildman–Crippen MR) is 123 cm³/mol. The predicted octanol–water partition coefficient (Wildman–Crippen LogP) is 9.39. The zero-order valence-corrected chi connectivity index (χ0v) is 20.0. The van der Waals surface area contributed by atoms with E-state index in [0.717, 1.165) is 0 Å². The molecule has 0 amide bonds. The van der Waals surface area contributed by atoms with Gasteiger partial charge in [-0.25, -0.2) is 0 Å². The molecule has 0 fully saturated rings. The van der Waals surface area contributed by atoms with Gasteiger partial charge in [0.05, 0.1) is 0 Å². The van der Waals surface area contributed by atoms with E-state index in [2.05, 4.69) is 43.2 Å². The van der Waals surface area contributed by atoms with Crippen LogP contribution in [0.4, 0.5) is 0 Å². The van der Waals surface area contributed by atoms with Crippen molar-refractivity contribution in [1.29, 1.82) is 0 Å². The molecular weight excluding hydrogens is 375 g/mol. The van der Waals surface area contributed by atoms with Crippen molar-refractivity contribution in [3.63, 3.8) is 0 Å². The van der Waals surface area contributed by atoms with Gasteiger partial charge in [-0.1, -0.05) is 0 Å². The zero-order valence-electron chi connectivity index (χ0n) is 17.6. The maximum absolute atomic E-state index is 4.56. The summed E-state index contributed by atoms with van der Waals surface area (Å²) in [6, 6.07) is 0. The summed E-state index contributed by atoms with van der Waals surface area (Å²) >= 11 is 4.56. The van der Waals surface area contributed by atoms with Crippen LogP contribution in [0.3, 0.4) is 0 Å². The summed E-state index contributed by atoms with van der Waals surface area (Å²) in [6.07, 6.45) is 26.1. The van der Waals surface area contributed by atoms with Gasteiger partial charge < -0.3 is 0 Å². The molecule has 0 heterocycles. The van der Waals surface area contributed by atoms with Gasteiger partial charge in [0.2, 0.25) is 0 Å². The Morgan fingerprint density at radius 1 is 0.417 bits per heavy atom. The molecule has 0 saturated carbocycles. The molecule has 0 aliphatic rings. The third kappa shape index (κ3) is 11.5. The quantitative estimate of drug-likeness (QED) is 0.152. The van der Waals surface area contributed by atoms with Crippen molar-refractivity contribution in [2.24, 2.45) is 0 Å². The first-order valence-electron chi connectivity index (χ1n) is 11.3. The van der Waals surface area contributed by atoms with Crippen molar-refractivity contribution in [2.45, 2.75) is 118 Å². The van der Waals surface area contributed by atoms with Crippen molar-refractivity contribution < 1.29 is 0 Å². The second-order valence-corrected chi connectivity index (χ2v) is 19.7. The van der Waals surface area contributed by atoms with Crippen molar-refractivity contribution in [1.82, 2.24) is 0 Å². The fraction of sp³-hybridized carbons (Fsp3) is 1.00. The number of unbranched alkanes of at least 4 members (excludes halogenated alkanes) is 10. The first-order chi connectivity index (χ1) is 11.5. The van der Waals surface area contributed by atoms with E-state index in [1.54, 1.807) is 0 Å². The summed E-state index contributed by atoms with van der Waals surface area (Å²) in [4.78, 5) is 0. The van der Waals surface area contributed by atoms with Crippen LogP contribution >= 0.6 is 20.8 Å². The van der Waals surface area contributed by atoms with Crippen LogP contribution in [0, 0.1) is 0 Å². The van der Waals surface area contributed by atoms with Crippen LogP contribution in [-0.4, -0.2) is 24.6 Å². The Hall–Kier alpha value is 0.910. The molecule has 0 nitrogen and oxygen atoms in total. The van der Waals surface area contributed by atoms with Crippen LogP contribution in [-0.2, 0) is 0 Å². The summed E-state index contributed by atoms with van der Waals surface area (Å²) in [6.45, 7) is 9.39. The third-order valence-corrected chi connectivity index (χ3v) is 15.8. The van der Waals surface area contributed by atoms with E-state index in [-0.39, 0.29) is 0 Å². The molecule has 148 valence electrons. The maximum atomic E-state index is 4.56. The Balaban J connectivity index is 4.73. The molecule has 0 radical (unpaired) electrons. The molecule has 0 aromatic carbocycles. The Kier molecular flexibility index (Phi) is 15.6. The van der Waals surface area contributed by atoms with E-state index in [0.29, 0.717) is 0 Å². The molecule has 0 aliphatic heterocycles. The van der Waals surface area contributed by atoms with E-state index >= 15 is 0 Å². The second-order valence-electron chi connectivity index (χ2n) is 8.25. The Labute approximate surface area is 163 Å². The molecule has 2 heteroatoms. The zero-order chi connectivity index (χ0) is 18.2. The molecule has 0 saturated heterocycles. The standard InChI is InChI=1S/C22H48BrP/c1-5-9-13-15-17-21-24(23,19-11-7-3,20-12-8-4)22-18-16-14-10-6-2/h5-22H2,1-4H3. The van der Waals surface area contributed by atoms with Crippen molar-refractivity contribution in [2.75, 3.05) is 24.6 Å². The van der Waals surface area contributed by atoms with Gasteiger partial charge in [0.15, 0.2) is 0 Å². The SMILES string of the molecule is CCCCCCCP(Br)(CCCC)(CCCC)CCCCCCC. The second kappa shape index (κ2) is 15.0. The van der Waals surface area contributed by atoms with Gasteiger partial charge in [-0.3, -0.25) is 0 Å². The minimum atomic E-state index is -1.63. The van der Waals surface area contributed by atoms with Crippen LogP contribution in [0.15, 0.2) is 0 Å². The van der Waals surface area contributed by atoms with E-state index < -0.39 is 5.31 Å². The summed E-state index contributed by atoms with van der Waals surface area (Å²) in [5.41, 5.74) is 0. The molecule has 0 atom stereocenters. The number of hydrogen-bond acceptors (Lipinski definition) is 0. The topological polar surface area (TPSA) is 0 Å². The van der Waals surface area contributed by atoms with Crippen molar-refractivity contribution in [3.05, 3.63) is 0 Å². The van der Waals surface area contributed by atoms with Gasteiger partial charge in [0.25, 0.3) is 0 Å². The fourth-order valence-electron chi connectivity index (χ4n) is 4.00. The molecule has 0 unspecified atom stereocenters. The Morgan fingerprint density at radius 2 is 0.708 bits per heavy atom. The first-order valence-corrected chi connectivity index (χ1v) is 16.3. The van der Waals surface area contributed by atoms with E-state index in [4.69, 9.17) is 0 Å². The van der Waals surface area contributed by atoms with Crippen molar-refractivity contribution >= 4 is 20.8 Å². The van der Waals surface area contributed by atoms with Crippen LogP contribution < -0.4 is 0 Å². The molecule has 0 aromatic rings. The molecule has 0 spiro atoms. The van der Waals surface area contributed by atoms with Gasteiger partial charge in [-0.2, -0.15) is 0 Å². The van der Waals surface area contributed by atoms with Crippen LogP contribution in [0.1, 0.15) is 118 Å². The van der Waals surface area contributed by atoms with E-state index in [1.165, 1.54) is 115 Å². The molecule has 24 heavy (non-hydrogen) atoms. The number of rotatable bonds is 18. The van der Waals surface area contributed by atoms with E-state index in [1.807, 2.05) is 0 Å². The molecule has 0 aliphatic carbocycles. The van der Waals surface area contributed by atoms with Gasteiger partial charge in [-0.15, -0.1) is 0 Å². The number of halogens is 1. The van der Waals surface area contributed by atoms with Crippen LogP contribution in [0.2, 0.25) is 0 Å². The van der Waals surface area contributed by atoms with Gasteiger partial charge in [-0.05, 0) is 0 Å². The summed E-state index contributed by atoms with van der Waals surface area (Å²) in [7, 11) is 0. The third-order valence-electron chi connectivity index (χ3n) is 5.78. The normalized spacial score (nSPS) is 13.8. The molecule has 0 N–H and O–H groups in total. The summed E-state index contributed by atoms with van der Waals surface area (Å²) in [5.74, 6) is 0. The van der Waals surface area contributed by atoms with Gasteiger partial charge in [0.1, 0.15) is 0 Å². The Morgan fingerprint density at radius 3 is 1.04 bits per heavy atom. The Bertz CT molecular complexity index is 251. The monoisotopic (exact) mass is 422 g/mol. The van der Waals surface area contributed by atoms with Gasteiger partial charge >= 0.3 is 163 Å². The average Bonchev–Trinajstić information content (AvgIpc) is 2.59. The van der Waals surface area contributed by atoms with Gasteiger partial charge in [0, 0.05) is 0 Å². The van der Waals surface area contributed by atoms with Crippen molar-refractivity contribution in [3.8, 4) is 0 Å². The molecule has 0 aromatic heterocycles. The van der Waals surface area contributed by atoms with Crippen LogP contribution in [0.25, 0.3) is 0 Å². The summed E-state index contributed by atoms with van der Waals surface area (Å²) in [5, 5.41) is -1.63. The average molecular weight is 424 g/mol. The first kappa shape index (κ1) is 24.9. The fourth-order valence-corrected chi connectivity index (χ4v) is 12.6.